The molecule has 4 heteroatoms. The molecule has 1 unspecified atom stereocenters. The second-order valence-electron chi connectivity index (χ2n) is 4.78. The Hall–Kier alpha value is -1.29. The van der Waals surface area contributed by atoms with Gasteiger partial charge in [0.25, 0.3) is 0 Å². The summed E-state index contributed by atoms with van der Waals surface area (Å²) in [6.07, 6.45) is 2.79. The molecule has 0 saturated carbocycles. The van der Waals surface area contributed by atoms with E-state index in [-0.39, 0.29) is 5.75 Å². The number of halogens is 1. The van der Waals surface area contributed by atoms with Crippen molar-refractivity contribution in [3.8, 4) is 11.5 Å². The number of rotatable bonds is 2. The molecule has 1 aromatic carbocycles. The maximum Gasteiger partial charge on any atom is 0.194 e. The minimum Gasteiger partial charge on any atom is -0.504 e. The van der Waals surface area contributed by atoms with Gasteiger partial charge >= 0.3 is 0 Å². The lowest BCUT2D eigenvalue weighted by Crippen LogP contribution is -2.31. The largest absolute Gasteiger partial charge is 0.504 e. The van der Waals surface area contributed by atoms with E-state index in [1.807, 2.05) is 0 Å². The third-order valence-electron chi connectivity index (χ3n) is 3.39. The van der Waals surface area contributed by atoms with Gasteiger partial charge in [0, 0.05) is 0 Å². The Morgan fingerprint density at radius 3 is 2.82 bits per heavy atom. The van der Waals surface area contributed by atoms with E-state index in [1.165, 1.54) is 0 Å². The molecule has 1 aliphatic rings. The van der Waals surface area contributed by atoms with Crippen molar-refractivity contribution in [3.63, 3.8) is 0 Å². The van der Waals surface area contributed by atoms with E-state index < -0.39 is 11.6 Å². The fraction of sp³-hybridized carbons (Fsp3) is 0.538. The van der Waals surface area contributed by atoms with Crippen LogP contribution in [0.25, 0.3) is 0 Å². The van der Waals surface area contributed by atoms with Crippen LogP contribution in [0.15, 0.2) is 6.07 Å². The Kier molecular flexibility index (Phi) is 3.52. The molecule has 0 aromatic heterocycles. The van der Waals surface area contributed by atoms with E-state index in [9.17, 15) is 14.6 Å². The number of hydrogen-bond acceptors (Lipinski definition) is 3. The average Bonchev–Trinajstić information content (AvgIpc) is 2.35. The lowest BCUT2D eigenvalue weighted by Gasteiger charge is -2.23. The van der Waals surface area contributed by atoms with Gasteiger partial charge in [-0.3, -0.25) is 0 Å². The van der Waals surface area contributed by atoms with Crippen LogP contribution in [0.1, 0.15) is 24.0 Å². The summed E-state index contributed by atoms with van der Waals surface area (Å²) in [5.41, 5.74) is 1.01. The molecule has 1 fully saturated rings. The summed E-state index contributed by atoms with van der Waals surface area (Å²) in [5, 5.41) is 22.2. The van der Waals surface area contributed by atoms with Crippen molar-refractivity contribution in [2.75, 3.05) is 13.1 Å². The third kappa shape index (κ3) is 2.52. The van der Waals surface area contributed by atoms with E-state index >= 15 is 0 Å². The number of phenols is 2. The minimum absolute atomic E-state index is 0.354. The van der Waals surface area contributed by atoms with Gasteiger partial charge in [-0.25, -0.2) is 4.39 Å². The van der Waals surface area contributed by atoms with E-state index in [1.54, 1.807) is 13.0 Å². The zero-order chi connectivity index (χ0) is 12.4. The molecular weight excluding hydrogens is 221 g/mol. The van der Waals surface area contributed by atoms with Gasteiger partial charge in [-0.1, -0.05) is 0 Å². The van der Waals surface area contributed by atoms with Crippen LogP contribution in [0.5, 0.6) is 11.5 Å². The topological polar surface area (TPSA) is 52.5 Å². The highest BCUT2D eigenvalue weighted by atomic mass is 19.1. The average molecular weight is 239 g/mol. The van der Waals surface area contributed by atoms with Crippen molar-refractivity contribution in [1.82, 2.24) is 5.32 Å². The smallest absolute Gasteiger partial charge is 0.194 e. The summed E-state index contributed by atoms with van der Waals surface area (Å²) in [6, 6.07) is 1.62. The van der Waals surface area contributed by atoms with Gasteiger partial charge in [-0.2, -0.15) is 0 Å². The number of benzene rings is 1. The Bertz CT molecular complexity index is 414. The molecule has 94 valence electrons. The molecule has 17 heavy (non-hydrogen) atoms. The molecule has 0 radical (unpaired) electrons. The molecule has 3 nitrogen and oxygen atoms in total. The van der Waals surface area contributed by atoms with Crippen molar-refractivity contribution in [2.24, 2.45) is 5.92 Å². The molecule has 2 rings (SSSR count). The maximum absolute atomic E-state index is 13.8. The predicted molar refractivity (Wildman–Crippen MR) is 63.8 cm³/mol. The Labute approximate surface area is 100 Å². The fourth-order valence-electron chi connectivity index (χ4n) is 2.39. The van der Waals surface area contributed by atoms with E-state index in [2.05, 4.69) is 5.32 Å². The van der Waals surface area contributed by atoms with E-state index in [0.717, 1.165) is 25.9 Å². The summed E-state index contributed by atoms with van der Waals surface area (Å²) in [7, 11) is 0. The number of nitrogens with one attached hydrogen (secondary N) is 1. The molecule has 1 saturated heterocycles. The first-order valence-corrected chi connectivity index (χ1v) is 6.00. The molecule has 3 N–H and O–H groups in total. The molecule has 1 atom stereocenters. The van der Waals surface area contributed by atoms with E-state index in [0.29, 0.717) is 23.5 Å². The first-order valence-electron chi connectivity index (χ1n) is 6.00. The second kappa shape index (κ2) is 4.92. The highest BCUT2D eigenvalue weighted by Crippen LogP contribution is 2.34. The fourth-order valence-corrected chi connectivity index (χ4v) is 2.39. The van der Waals surface area contributed by atoms with Crippen molar-refractivity contribution in [1.29, 1.82) is 0 Å². The quantitative estimate of drug-likeness (QED) is 0.693. The van der Waals surface area contributed by atoms with Crippen LogP contribution < -0.4 is 5.32 Å². The molecular formula is C13H18FNO2. The summed E-state index contributed by atoms with van der Waals surface area (Å²) >= 11 is 0. The lowest BCUT2D eigenvalue weighted by atomic mass is 9.91. The van der Waals surface area contributed by atoms with Crippen LogP contribution in [0.2, 0.25) is 0 Å². The molecule has 1 heterocycles. The number of aryl methyl sites for hydroxylation is 1. The van der Waals surface area contributed by atoms with Crippen LogP contribution in [-0.2, 0) is 6.42 Å². The second-order valence-corrected chi connectivity index (χ2v) is 4.78. The van der Waals surface area contributed by atoms with Crippen LogP contribution in [-0.4, -0.2) is 23.3 Å². The van der Waals surface area contributed by atoms with Crippen molar-refractivity contribution in [3.05, 3.63) is 23.0 Å². The van der Waals surface area contributed by atoms with Gasteiger partial charge in [0.2, 0.25) is 0 Å². The van der Waals surface area contributed by atoms with E-state index in [4.69, 9.17) is 0 Å². The number of aromatic hydroxyl groups is 2. The Balaban J connectivity index is 2.20. The monoisotopic (exact) mass is 239 g/mol. The Morgan fingerprint density at radius 2 is 2.18 bits per heavy atom. The normalized spacial score (nSPS) is 20.5. The van der Waals surface area contributed by atoms with Gasteiger partial charge in [0.05, 0.1) is 0 Å². The van der Waals surface area contributed by atoms with Crippen molar-refractivity contribution in [2.45, 2.75) is 26.2 Å². The van der Waals surface area contributed by atoms with Gasteiger partial charge < -0.3 is 15.5 Å². The number of piperidine rings is 1. The summed E-state index contributed by atoms with van der Waals surface area (Å²) in [4.78, 5) is 0. The highest BCUT2D eigenvalue weighted by Gasteiger charge is 2.19. The summed E-state index contributed by atoms with van der Waals surface area (Å²) in [6.45, 7) is 3.58. The van der Waals surface area contributed by atoms with Crippen LogP contribution in [0.4, 0.5) is 4.39 Å². The molecule has 0 aliphatic carbocycles. The number of phenolic OH excluding ortho intramolecular Hbond substituents is 2. The Morgan fingerprint density at radius 1 is 1.41 bits per heavy atom. The molecule has 1 aliphatic heterocycles. The number of hydrogen-bond donors (Lipinski definition) is 3. The van der Waals surface area contributed by atoms with Crippen LogP contribution >= 0.6 is 0 Å². The maximum atomic E-state index is 13.8. The predicted octanol–water partition coefficient (Wildman–Crippen LogP) is 2.09. The zero-order valence-electron chi connectivity index (χ0n) is 9.96. The van der Waals surface area contributed by atoms with Gasteiger partial charge in [-0.05, 0) is 62.4 Å². The minimum atomic E-state index is -0.682. The lowest BCUT2D eigenvalue weighted by molar-refractivity contribution is 0.356. The highest BCUT2D eigenvalue weighted by molar-refractivity contribution is 5.48. The van der Waals surface area contributed by atoms with Crippen molar-refractivity contribution < 1.29 is 14.6 Å². The van der Waals surface area contributed by atoms with Crippen molar-refractivity contribution >= 4 is 0 Å². The van der Waals surface area contributed by atoms with Gasteiger partial charge in [-0.15, -0.1) is 0 Å². The van der Waals surface area contributed by atoms with Gasteiger partial charge in [0.1, 0.15) is 0 Å². The summed E-state index contributed by atoms with van der Waals surface area (Å²) in [5.74, 6) is -1.25. The van der Waals surface area contributed by atoms with Crippen LogP contribution in [0.3, 0.4) is 0 Å². The molecule has 0 spiro atoms. The molecule has 0 amide bonds. The third-order valence-corrected chi connectivity index (χ3v) is 3.39. The molecule has 0 bridgehead atoms. The standard InChI is InChI=1S/C13H18FNO2/c1-8-5-10(11(14)13(17)12(8)16)6-9-3-2-4-15-7-9/h5,9,15-17H,2-4,6-7H2,1H3. The summed E-state index contributed by atoms with van der Waals surface area (Å²) < 4.78 is 13.8. The first-order chi connectivity index (χ1) is 8.09. The van der Waals surface area contributed by atoms with Gasteiger partial charge in [0.15, 0.2) is 17.3 Å². The first kappa shape index (κ1) is 12.2. The zero-order valence-corrected chi connectivity index (χ0v) is 9.96. The molecule has 1 aromatic rings. The SMILES string of the molecule is Cc1cc(CC2CCCNC2)c(F)c(O)c1O. The van der Waals surface area contributed by atoms with Crippen LogP contribution in [0, 0.1) is 18.7 Å².